The lowest BCUT2D eigenvalue weighted by atomic mass is 9.80. The highest BCUT2D eigenvalue weighted by molar-refractivity contribution is 6.38. The third-order valence-electron chi connectivity index (χ3n) is 8.23. The van der Waals surface area contributed by atoms with Crippen molar-refractivity contribution in [2.75, 3.05) is 33.2 Å². The number of Topliss-reactive ketones (excluding diaryl/α,β-unsaturated/α-hetero) is 1. The fraction of sp³-hybridized carbons (Fsp3) is 0.815. The maximum absolute atomic E-state index is 13.8. The van der Waals surface area contributed by atoms with Crippen LogP contribution in [0.5, 0.6) is 0 Å². The molecular formula is C27H45N5O5. The number of hydrogen-bond acceptors (Lipinski definition) is 5. The van der Waals surface area contributed by atoms with Crippen LogP contribution in [0.15, 0.2) is 0 Å². The molecule has 0 radical (unpaired) electrons. The number of carbonyl (C=O) groups excluding carboxylic acids is 5. The maximum Gasteiger partial charge on any atom is 0.318 e. The summed E-state index contributed by atoms with van der Waals surface area (Å²) < 4.78 is 0. The summed E-state index contributed by atoms with van der Waals surface area (Å²) in [5.74, 6) is -1.46. The van der Waals surface area contributed by atoms with Crippen molar-refractivity contribution >= 4 is 29.5 Å². The molecule has 2 saturated carbocycles. The van der Waals surface area contributed by atoms with Crippen molar-refractivity contribution in [1.29, 1.82) is 0 Å². The average Bonchev–Trinajstić information content (AvgIpc) is 3.42. The highest BCUT2D eigenvalue weighted by atomic mass is 16.2. The van der Waals surface area contributed by atoms with Crippen molar-refractivity contribution < 1.29 is 24.0 Å². The van der Waals surface area contributed by atoms with Gasteiger partial charge in [-0.2, -0.15) is 0 Å². The van der Waals surface area contributed by atoms with Crippen molar-refractivity contribution in [2.24, 2.45) is 5.92 Å². The number of nitrogens with one attached hydrogen (secondary N) is 2. The molecule has 1 atom stereocenters. The monoisotopic (exact) mass is 519 g/mol. The van der Waals surface area contributed by atoms with Gasteiger partial charge in [0.05, 0.1) is 6.04 Å². The van der Waals surface area contributed by atoms with Crippen molar-refractivity contribution in [3.63, 3.8) is 0 Å². The van der Waals surface area contributed by atoms with Gasteiger partial charge < -0.3 is 25.3 Å². The van der Waals surface area contributed by atoms with E-state index >= 15 is 0 Å². The molecule has 208 valence electrons. The van der Waals surface area contributed by atoms with Crippen LogP contribution >= 0.6 is 0 Å². The molecule has 3 fully saturated rings. The van der Waals surface area contributed by atoms with Crippen LogP contribution in [0.3, 0.4) is 0 Å². The SMILES string of the molecule is CC(=O)N1CCN(C(=O)NC2(C(=O)NC(CC(C)C)C(=O)C(=O)N(C)C3CCCC3)CCCCC2)CC1. The number of rotatable bonds is 8. The molecule has 2 N–H and O–H groups in total. The smallest absolute Gasteiger partial charge is 0.318 e. The molecule has 0 aromatic rings. The number of carbonyl (C=O) groups is 5. The topological polar surface area (TPSA) is 119 Å². The molecule has 10 nitrogen and oxygen atoms in total. The molecule has 0 spiro atoms. The molecule has 1 saturated heterocycles. The first-order chi connectivity index (χ1) is 17.5. The highest BCUT2D eigenvalue weighted by Crippen LogP contribution is 2.30. The number of urea groups is 1. The number of likely N-dealkylation sites (N-methyl/N-ethyl adjacent to an activating group) is 1. The van der Waals surface area contributed by atoms with Gasteiger partial charge in [0, 0.05) is 46.2 Å². The quantitative estimate of drug-likeness (QED) is 0.476. The summed E-state index contributed by atoms with van der Waals surface area (Å²) in [5.41, 5.74) is -1.12. The predicted octanol–water partition coefficient (Wildman–Crippen LogP) is 2.06. The number of hydrogen-bond donors (Lipinski definition) is 2. The first-order valence-corrected chi connectivity index (χ1v) is 14.0. The van der Waals surface area contributed by atoms with Crippen LogP contribution in [0.25, 0.3) is 0 Å². The number of ketones is 1. The van der Waals surface area contributed by atoms with Crippen molar-refractivity contribution in [3.8, 4) is 0 Å². The van der Waals surface area contributed by atoms with Gasteiger partial charge in [0.15, 0.2) is 0 Å². The van der Waals surface area contributed by atoms with Crippen LogP contribution in [-0.4, -0.2) is 95.1 Å². The molecular weight excluding hydrogens is 474 g/mol. The van der Waals surface area contributed by atoms with Gasteiger partial charge in [-0.05, 0) is 38.0 Å². The van der Waals surface area contributed by atoms with Gasteiger partial charge in [0.1, 0.15) is 5.54 Å². The van der Waals surface area contributed by atoms with E-state index < -0.39 is 29.2 Å². The zero-order chi connectivity index (χ0) is 27.2. The molecule has 1 unspecified atom stereocenters. The number of amides is 5. The van der Waals surface area contributed by atoms with Gasteiger partial charge in [0.2, 0.25) is 17.6 Å². The van der Waals surface area contributed by atoms with Gasteiger partial charge >= 0.3 is 6.03 Å². The number of piperazine rings is 1. The second-order valence-electron chi connectivity index (χ2n) is 11.4. The van der Waals surface area contributed by atoms with Crippen LogP contribution in [0, 0.1) is 5.92 Å². The summed E-state index contributed by atoms with van der Waals surface area (Å²) in [6.45, 7) is 7.15. The Labute approximate surface area is 220 Å². The highest BCUT2D eigenvalue weighted by Gasteiger charge is 2.44. The Hall–Kier alpha value is -2.65. The average molecular weight is 520 g/mol. The Balaban J connectivity index is 1.71. The molecule has 3 rings (SSSR count). The van der Waals surface area contributed by atoms with Gasteiger partial charge in [-0.1, -0.05) is 46.0 Å². The van der Waals surface area contributed by atoms with Crippen LogP contribution in [0.1, 0.15) is 85.0 Å². The molecule has 1 aliphatic heterocycles. The Kier molecular flexibility index (Phi) is 9.95. The van der Waals surface area contributed by atoms with Crippen LogP contribution in [0.2, 0.25) is 0 Å². The van der Waals surface area contributed by atoms with Gasteiger partial charge in [-0.25, -0.2) is 4.79 Å². The first-order valence-electron chi connectivity index (χ1n) is 14.0. The van der Waals surface area contributed by atoms with E-state index in [9.17, 15) is 24.0 Å². The standard InChI is InChI=1S/C27H45N5O5/c1-19(2)18-22(23(34)24(35)30(4)21-10-6-7-11-21)28-25(36)27(12-8-5-9-13-27)29-26(37)32-16-14-31(15-17-32)20(3)33/h19,21-22H,5-18H2,1-4H3,(H,28,36)(H,29,37). The lowest BCUT2D eigenvalue weighted by molar-refractivity contribution is -0.147. The zero-order valence-corrected chi connectivity index (χ0v) is 23.0. The van der Waals surface area contributed by atoms with Crippen LogP contribution in [0.4, 0.5) is 4.79 Å². The van der Waals surface area contributed by atoms with E-state index in [-0.39, 0.29) is 23.9 Å². The van der Waals surface area contributed by atoms with E-state index in [4.69, 9.17) is 0 Å². The molecule has 1 heterocycles. The van der Waals surface area contributed by atoms with E-state index in [0.29, 0.717) is 45.4 Å². The Morgan fingerprint density at radius 2 is 1.46 bits per heavy atom. The maximum atomic E-state index is 13.8. The third kappa shape index (κ3) is 7.23. The zero-order valence-electron chi connectivity index (χ0n) is 23.0. The largest absolute Gasteiger partial charge is 0.344 e. The van der Waals surface area contributed by atoms with E-state index in [0.717, 1.165) is 44.9 Å². The van der Waals surface area contributed by atoms with Gasteiger partial charge in [-0.15, -0.1) is 0 Å². The second kappa shape index (κ2) is 12.7. The fourth-order valence-corrected chi connectivity index (χ4v) is 5.85. The third-order valence-corrected chi connectivity index (χ3v) is 8.23. The fourth-order valence-electron chi connectivity index (χ4n) is 5.85. The Morgan fingerprint density at radius 3 is 2.00 bits per heavy atom. The summed E-state index contributed by atoms with van der Waals surface area (Å²) >= 11 is 0. The molecule has 10 heteroatoms. The minimum absolute atomic E-state index is 0.0165. The van der Waals surface area contributed by atoms with E-state index in [2.05, 4.69) is 10.6 Å². The van der Waals surface area contributed by atoms with Crippen LogP contribution < -0.4 is 10.6 Å². The minimum atomic E-state index is -1.12. The summed E-state index contributed by atoms with van der Waals surface area (Å²) in [6, 6.07) is -1.19. The van der Waals surface area contributed by atoms with E-state index in [1.54, 1.807) is 21.7 Å². The van der Waals surface area contributed by atoms with Gasteiger partial charge in [-0.3, -0.25) is 19.2 Å². The first kappa shape index (κ1) is 28.9. The number of nitrogens with zero attached hydrogens (tertiary/aromatic N) is 3. The summed E-state index contributed by atoms with van der Waals surface area (Å²) in [4.78, 5) is 69.9. The van der Waals surface area contributed by atoms with Crippen molar-refractivity contribution in [3.05, 3.63) is 0 Å². The minimum Gasteiger partial charge on any atom is -0.344 e. The summed E-state index contributed by atoms with van der Waals surface area (Å²) in [6.07, 6.45) is 7.76. The van der Waals surface area contributed by atoms with Crippen molar-refractivity contribution in [2.45, 2.75) is 103 Å². The molecule has 0 bridgehead atoms. The second-order valence-corrected chi connectivity index (χ2v) is 11.4. The molecule has 5 amide bonds. The molecule has 0 aromatic carbocycles. The molecule has 2 aliphatic carbocycles. The van der Waals surface area contributed by atoms with Crippen LogP contribution in [-0.2, 0) is 19.2 Å². The normalized spacial score (nSPS) is 20.9. The van der Waals surface area contributed by atoms with Crippen molar-refractivity contribution in [1.82, 2.24) is 25.3 Å². The van der Waals surface area contributed by atoms with E-state index in [1.165, 1.54) is 6.92 Å². The molecule has 3 aliphatic rings. The predicted molar refractivity (Wildman–Crippen MR) is 140 cm³/mol. The Morgan fingerprint density at radius 1 is 0.892 bits per heavy atom. The lowest BCUT2D eigenvalue weighted by Gasteiger charge is -2.41. The molecule has 0 aromatic heterocycles. The molecule has 37 heavy (non-hydrogen) atoms. The lowest BCUT2D eigenvalue weighted by Crippen LogP contribution is -2.65. The Bertz CT molecular complexity index is 855. The summed E-state index contributed by atoms with van der Waals surface area (Å²) in [7, 11) is 1.68. The summed E-state index contributed by atoms with van der Waals surface area (Å²) in [5, 5.41) is 5.90. The van der Waals surface area contributed by atoms with Gasteiger partial charge in [0.25, 0.3) is 5.91 Å². The van der Waals surface area contributed by atoms with E-state index in [1.807, 2.05) is 13.8 Å².